The average molecular weight is 403 g/mol. The van der Waals surface area contributed by atoms with E-state index >= 15 is 0 Å². The highest BCUT2D eigenvalue weighted by Gasteiger charge is 2.13. The lowest BCUT2D eigenvalue weighted by Crippen LogP contribution is -2.30. The molecule has 0 aliphatic rings. The van der Waals surface area contributed by atoms with Gasteiger partial charge >= 0.3 is 0 Å². The Kier molecular flexibility index (Phi) is 5.49. The van der Waals surface area contributed by atoms with Crippen LogP contribution < -0.4 is 16.3 Å². The fraction of sp³-hybridized carbons (Fsp3) is 0.0455. The SMILES string of the molecule is O=C(NN=c1oc2ccccc2cc1C(=O)NCc1ccccc1)c1cccs1. The van der Waals surface area contributed by atoms with Crippen molar-refractivity contribution in [1.29, 1.82) is 0 Å². The van der Waals surface area contributed by atoms with E-state index in [1.807, 2.05) is 48.5 Å². The molecule has 0 radical (unpaired) electrons. The zero-order valence-electron chi connectivity index (χ0n) is 15.3. The van der Waals surface area contributed by atoms with Crippen molar-refractivity contribution in [2.75, 3.05) is 0 Å². The molecule has 0 saturated carbocycles. The van der Waals surface area contributed by atoms with Gasteiger partial charge in [-0.25, -0.2) is 5.43 Å². The highest BCUT2D eigenvalue weighted by atomic mass is 32.1. The Morgan fingerprint density at radius 2 is 1.72 bits per heavy atom. The summed E-state index contributed by atoms with van der Waals surface area (Å²) in [6.45, 7) is 0.369. The van der Waals surface area contributed by atoms with Crippen LogP contribution in [0.2, 0.25) is 0 Å². The fourth-order valence-electron chi connectivity index (χ4n) is 2.75. The number of hydrogen-bond acceptors (Lipinski definition) is 5. The normalized spacial score (nSPS) is 11.4. The summed E-state index contributed by atoms with van der Waals surface area (Å²) in [5.41, 5.74) is 4.28. The van der Waals surface area contributed by atoms with Gasteiger partial charge in [-0.15, -0.1) is 16.4 Å². The van der Waals surface area contributed by atoms with E-state index in [9.17, 15) is 9.59 Å². The summed E-state index contributed by atoms with van der Waals surface area (Å²) in [5.74, 6) is -0.702. The van der Waals surface area contributed by atoms with Crippen LogP contribution in [0.5, 0.6) is 0 Å². The molecule has 0 unspecified atom stereocenters. The lowest BCUT2D eigenvalue weighted by Gasteiger charge is -2.07. The van der Waals surface area contributed by atoms with Crippen LogP contribution >= 0.6 is 11.3 Å². The van der Waals surface area contributed by atoms with E-state index in [0.717, 1.165) is 10.9 Å². The van der Waals surface area contributed by atoms with Gasteiger partial charge in [0, 0.05) is 11.9 Å². The Hall–Kier alpha value is -3.71. The van der Waals surface area contributed by atoms with Gasteiger partial charge in [0.15, 0.2) is 0 Å². The highest BCUT2D eigenvalue weighted by Crippen LogP contribution is 2.13. The van der Waals surface area contributed by atoms with Crippen LogP contribution in [-0.4, -0.2) is 11.8 Å². The summed E-state index contributed by atoms with van der Waals surface area (Å²) in [5, 5.41) is 9.50. The molecule has 2 amide bonds. The number of nitrogens with zero attached hydrogens (tertiary/aromatic N) is 1. The van der Waals surface area contributed by atoms with Crippen LogP contribution in [0.3, 0.4) is 0 Å². The molecule has 0 bridgehead atoms. The van der Waals surface area contributed by atoms with E-state index in [1.165, 1.54) is 11.3 Å². The number of para-hydroxylation sites is 1. The van der Waals surface area contributed by atoms with Gasteiger partial charge in [-0.05, 0) is 29.1 Å². The van der Waals surface area contributed by atoms with Crippen molar-refractivity contribution < 1.29 is 14.0 Å². The van der Waals surface area contributed by atoms with Crippen LogP contribution in [0.1, 0.15) is 25.6 Å². The summed E-state index contributed by atoms with van der Waals surface area (Å²) >= 11 is 1.30. The summed E-state index contributed by atoms with van der Waals surface area (Å²) in [4.78, 5) is 25.5. The molecule has 0 atom stereocenters. The van der Waals surface area contributed by atoms with Crippen LogP contribution in [-0.2, 0) is 6.54 Å². The first-order valence-corrected chi connectivity index (χ1v) is 9.81. The molecule has 2 aromatic heterocycles. The minimum absolute atomic E-state index is 0.0409. The molecule has 2 N–H and O–H groups in total. The van der Waals surface area contributed by atoms with Crippen molar-refractivity contribution in [3.8, 4) is 0 Å². The second-order valence-corrected chi connectivity index (χ2v) is 7.15. The Morgan fingerprint density at radius 3 is 2.52 bits per heavy atom. The molecule has 0 fully saturated rings. The van der Waals surface area contributed by atoms with Crippen LogP contribution in [0.25, 0.3) is 11.0 Å². The highest BCUT2D eigenvalue weighted by molar-refractivity contribution is 7.12. The molecule has 6 nitrogen and oxygen atoms in total. The Balaban J connectivity index is 1.65. The van der Waals surface area contributed by atoms with Gasteiger partial charge in [0.1, 0.15) is 11.1 Å². The Labute approximate surface area is 170 Å². The summed E-state index contributed by atoms with van der Waals surface area (Å²) in [7, 11) is 0. The number of nitrogens with one attached hydrogen (secondary N) is 2. The first kappa shape index (κ1) is 18.6. The second-order valence-electron chi connectivity index (χ2n) is 6.20. The summed E-state index contributed by atoms with van der Waals surface area (Å²) in [6, 6.07) is 22.1. The van der Waals surface area contributed by atoms with Crippen molar-refractivity contribution >= 4 is 34.1 Å². The third-order valence-corrected chi connectivity index (χ3v) is 5.07. The lowest BCUT2D eigenvalue weighted by molar-refractivity contribution is 0.0934. The Bertz CT molecular complexity index is 1220. The number of hydrogen-bond donors (Lipinski definition) is 2. The number of carbonyl (C=O) groups excluding carboxylic acids is 2. The molecule has 0 aliphatic carbocycles. The predicted molar refractivity (Wildman–Crippen MR) is 111 cm³/mol. The third kappa shape index (κ3) is 4.41. The monoisotopic (exact) mass is 403 g/mol. The van der Waals surface area contributed by atoms with E-state index in [0.29, 0.717) is 17.0 Å². The second kappa shape index (κ2) is 8.53. The molecular formula is C22H17N3O3S. The van der Waals surface area contributed by atoms with Crippen LogP contribution in [0, 0.1) is 0 Å². The molecule has 2 heterocycles. The minimum Gasteiger partial charge on any atom is -0.436 e. The zero-order chi connectivity index (χ0) is 20.1. The van der Waals surface area contributed by atoms with E-state index < -0.39 is 0 Å². The van der Waals surface area contributed by atoms with Gasteiger partial charge in [-0.2, -0.15) is 0 Å². The van der Waals surface area contributed by atoms with Crippen LogP contribution in [0.15, 0.2) is 87.7 Å². The van der Waals surface area contributed by atoms with E-state index in [-0.39, 0.29) is 22.9 Å². The van der Waals surface area contributed by atoms with Gasteiger partial charge in [-0.3, -0.25) is 9.59 Å². The molecule has 4 aromatic rings. The third-order valence-electron chi connectivity index (χ3n) is 4.20. The molecular weight excluding hydrogens is 386 g/mol. The molecule has 0 saturated heterocycles. The van der Waals surface area contributed by atoms with Crippen molar-refractivity contribution in [3.05, 3.63) is 99.7 Å². The topological polar surface area (TPSA) is 83.7 Å². The van der Waals surface area contributed by atoms with E-state index in [2.05, 4.69) is 15.8 Å². The standard InChI is InChI=1S/C22H17N3O3S/c26-20(23-14-15-7-2-1-3-8-15)17-13-16-9-4-5-10-18(16)28-22(17)25-24-21(27)19-11-6-12-29-19/h1-13H,14H2,(H,23,26)(H,24,27). The van der Waals surface area contributed by atoms with Crippen LogP contribution in [0.4, 0.5) is 0 Å². The molecule has 0 spiro atoms. The van der Waals surface area contributed by atoms with Gasteiger partial charge in [-0.1, -0.05) is 54.6 Å². The number of fused-ring (bicyclic) bond motifs is 1. The van der Waals surface area contributed by atoms with Gasteiger partial charge < -0.3 is 9.73 Å². The van der Waals surface area contributed by atoms with Crippen molar-refractivity contribution in [1.82, 2.24) is 10.7 Å². The lowest BCUT2D eigenvalue weighted by atomic mass is 10.1. The molecule has 29 heavy (non-hydrogen) atoms. The largest absolute Gasteiger partial charge is 0.436 e. The van der Waals surface area contributed by atoms with Gasteiger partial charge in [0.05, 0.1) is 4.88 Å². The predicted octanol–water partition coefficient (Wildman–Crippen LogP) is 3.67. The van der Waals surface area contributed by atoms with Crippen molar-refractivity contribution in [3.63, 3.8) is 0 Å². The number of carbonyl (C=O) groups is 2. The summed E-state index contributed by atoms with van der Waals surface area (Å²) in [6.07, 6.45) is 0. The molecule has 2 aromatic carbocycles. The average Bonchev–Trinajstić information content (AvgIpc) is 3.31. The maximum atomic E-state index is 12.8. The molecule has 7 heteroatoms. The minimum atomic E-state index is -0.362. The Morgan fingerprint density at radius 1 is 0.931 bits per heavy atom. The number of thiophene rings is 1. The van der Waals surface area contributed by atoms with Crippen molar-refractivity contribution in [2.45, 2.75) is 6.54 Å². The molecule has 144 valence electrons. The number of rotatable bonds is 5. The van der Waals surface area contributed by atoms with Gasteiger partial charge in [0.25, 0.3) is 11.8 Å². The number of amides is 2. The molecule has 4 rings (SSSR count). The maximum absolute atomic E-state index is 12.8. The fourth-order valence-corrected chi connectivity index (χ4v) is 3.37. The van der Waals surface area contributed by atoms with Gasteiger partial charge in [0.2, 0.25) is 5.55 Å². The smallest absolute Gasteiger partial charge is 0.281 e. The number of benzene rings is 2. The van der Waals surface area contributed by atoms with E-state index in [1.54, 1.807) is 29.6 Å². The first-order valence-electron chi connectivity index (χ1n) is 8.93. The quantitative estimate of drug-likeness (QED) is 0.499. The maximum Gasteiger partial charge on any atom is 0.281 e. The van der Waals surface area contributed by atoms with Crippen molar-refractivity contribution in [2.24, 2.45) is 5.10 Å². The van der Waals surface area contributed by atoms with E-state index in [4.69, 9.17) is 4.42 Å². The first-order chi connectivity index (χ1) is 14.2. The molecule has 0 aliphatic heterocycles. The summed E-state index contributed by atoms with van der Waals surface area (Å²) < 4.78 is 5.80. The zero-order valence-corrected chi connectivity index (χ0v) is 16.1.